The van der Waals surface area contributed by atoms with Gasteiger partial charge in [-0.25, -0.2) is 0 Å². The fourth-order valence-corrected chi connectivity index (χ4v) is 2.37. The van der Waals surface area contributed by atoms with Gasteiger partial charge < -0.3 is 10.1 Å². The summed E-state index contributed by atoms with van der Waals surface area (Å²) in [6.07, 6.45) is 0. The van der Waals surface area contributed by atoms with Crippen LogP contribution in [0.5, 0.6) is 5.75 Å². The number of nitrogens with zero attached hydrogens (tertiary/aromatic N) is 2. The molecule has 0 aliphatic carbocycles. The number of aromatic nitrogens is 2. The molecule has 5 nitrogen and oxygen atoms in total. The lowest BCUT2D eigenvalue weighted by molar-refractivity contribution is -0.0493. The lowest BCUT2D eigenvalue weighted by atomic mass is 10.2. The highest BCUT2D eigenvalue weighted by molar-refractivity contribution is 9.10. The van der Waals surface area contributed by atoms with Crippen LogP contribution in [0.1, 0.15) is 21.7 Å². The molecule has 0 aliphatic heterocycles. The SMILES string of the molecule is Cc1ccc(OC(F)F)c(NC(=O)c2nn(C)c(C)c2Br)c1. The van der Waals surface area contributed by atoms with Gasteiger partial charge in [-0.15, -0.1) is 0 Å². The Labute approximate surface area is 134 Å². The predicted octanol–water partition coefficient (Wildman–Crippen LogP) is 3.65. The van der Waals surface area contributed by atoms with Crippen molar-refractivity contribution in [3.05, 3.63) is 39.6 Å². The Bertz CT molecular complexity index is 716. The maximum atomic E-state index is 12.4. The molecule has 0 saturated carbocycles. The van der Waals surface area contributed by atoms with Crippen molar-refractivity contribution in [1.82, 2.24) is 9.78 Å². The first-order valence-corrected chi connectivity index (χ1v) is 7.14. The minimum atomic E-state index is -2.97. The van der Waals surface area contributed by atoms with E-state index in [-0.39, 0.29) is 17.1 Å². The maximum absolute atomic E-state index is 12.4. The Morgan fingerprint density at radius 2 is 2.09 bits per heavy atom. The topological polar surface area (TPSA) is 56.1 Å². The number of anilines is 1. The maximum Gasteiger partial charge on any atom is 0.387 e. The van der Waals surface area contributed by atoms with E-state index in [1.165, 1.54) is 6.07 Å². The zero-order valence-corrected chi connectivity index (χ0v) is 13.7. The molecular formula is C14H14BrF2N3O2. The number of carbonyl (C=O) groups excluding carboxylic acids is 1. The third-order valence-electron chi connectivity index (χ3n) is 3.08. The van der Waals surface area contributed by atoms with Crippen molar-refractivity contribution in [2.45, 2.75) is 20.5 Å². The van der Waals surface area contributed by atoms with Gasteiger partial charge in [-0.1, -0.05) is 6.07 Å². The van der Waals surface area contributed by atoms with E-state index in [0.29, 0.717) is 4.47 Å². The van der Waals surface area contributed by atoms with Crippen LogP contribution in [-0.2, 0) is 7.05 Å². The van der Waals surface area contributed by atoms with Crippen LogP contribution in [-0.4, -0.2) is 22.3 Å². The van der Waals surface area contributed by atoms with Crippen LogP contribution in [0, 0.1) is 13.8 Å². The zero-order chi connectivity index (χ0) is 16.4. The molecule has 2 aromatic rings. The molecule has 0 bridgehead atoms. The Balaban J connectivity index is 2.31. The quantitative estimate of drug-likeness (QED) is 0.889. The number of carbonyl (C=O) groups is 1. The van der Waals surface area contributed by atoms with E-state index >= 15 is 0 Å². The second kappa shape index (κ2) is 6.43. The summed E-state index contributed by atoms with van der Waals surface area (Å²) in [6, 6.07) is 4.56. The fourth-order valence-electron chi connectivity index (χ4n) is 1.85. The van der Waals surface area contributed by atoms with Gasteiger partial charge in [0.1, 0.15) is 5.75 Å². The molecule has 0 saturated heterocycles. The van der Waals surface area contributed by atoms with Gasteiger partial charge in [0.05, 0.1) is 15.9 Å². The third kappa shape index (κ3) is 3.44. The smallest absolute Gasteiger partial charge is 0.387 e. The van der Waals surface area contributed by atoms with Gasteiger partial charge in [0.2, 0.25) is 0 Å². The van der Waals surface area contributed by atoms with E-state index in [4.69, 9.17) is 0 Å². The Hall–Kier alpha value is -1.96. The number of aryl methyl sites for hydroxylation is 2. The fraction of sp³-hybridized carbons (Fsp3) is 0.286. The van der Waals surface area contributed by atoms with Crippen molar-refractivity contribution in [1.29, 1.82) is 0 Å². The molecule has 0 radical (unpaired) electrons. The molecule has 22 heavy (non-hydrogen) atoms. The summed E-state index contributed by atoms with van der Waals surface area (Å²) in [5.41, 5.74) is 1.91. The summed E-state index contributed by atoms with van der Waals surface area (Å²) in [6.45, 7) is 0.608. The molecule has 0 atom stereocenters. The van der Waals surface area contributed by atoms with Gasteiger partial charge in [0.15, 0.2) is 5.69 Å². The average molecular weight is 374 g/mol. The molecule has 1 amide bonds. The van der Waals surface area contributed by atoms with Gasteiger partial charge in [-0.2, -0.15) is 13.9 Å². The van der Waals surface area contributed by atoms with E-state index in [9.17, 15) is 13.6 Å². The van der Waals surface area contributed by atoms with Crippen LogP contribution in [0.15, 0.2) is 22.7 Å². The summed E-state index contributed by atoms with van der Waals surface area (Å²) < 4.78 is 31.4. The molecule has 0 spiro atoms. The number of ether oxygens (including phenoxy) is 1. The number of amides is 1. The second-order valence-corrected chi connectivity index (χ2v) is 5.50. The highest BCUT2D eigenvalue weighted by atomic mass is 79.9. The van der Waals surface area contributed by atoms with Crippen molar-refractivity contribution in [3.8, 4) is 5.75 Å². The van der Waals surface area contributed by atoms with Crippen LogP contribution < -0.4 is 10.1 Å². The van der Waals surface area contributed by atoms with E-state index in [2.05, 4.69) is 31.1 Å². The van der Waals surface area contributed by atoms with Crippen LogP contribution in [0.4, 0.5) is 14.5 Å². The number of nitrogens with one attached hydrogen (secondary N) is 1. The van der Waals surface area contributed by atoms with E-state index in [1.807, 2.05) is 0 Å². The van der Waals surface area contributed by atoms with E-state index < -0.39 is 12.5 Å². The molecular weight excluding hydrogens is 360 g/mol. The molecule has 118 valence electrons. The minimum Gasteiger partial charge on any atom is -0.433 e. The van der Waals surface area contributed by atoms with E-state index in [0.717, 1.165) is 11.3 Å². The molecule has 2 rings (SSSR count). The average Bonchev–Trinajstić information content (AvgIpc) is 2.69. The molecule has 1 N–H and O–H groups in total. The standard InChI is InChI=1S/C14H14BrF2N3O2/c1-7-4-5-10(22-14(16)17)9(6-7)18-13(21)12-11(15)8(2)20(3)19-12/h4-6,14H,1-3H3,(H,18,21). The van der Waals surface area contributed by atoms with Crippen molar-refractivity contribution in [2.24, 2.45) is 7.05 Å². The van der Waals surface area contributed by atoms with Crippen LogP contribution in [0.2, 0.25) is 0 Å². The first kappa shape index (κ1) is 16.4. The first-order valence-electron chi connectivity index (χ1n) is 6.35. The highest BCUT2D eigenvalue weighted by Crippen LogP contribution is 2.28. The van der Waals surface area contributed by atoms with Crippen molar-refractivity contribution in [2.75, 3.05) is 5.32 Å². The number of rotatable bonds is 4. The normalized spacial score (nSPS) is 10.9. The van der Waals surface area contributed by atoms with Gasteiger partial charge >= 0.3 is 6.61 Å². The number of benzene rings is 1. The summed E-state index contributed by atoms with van der Waals surface area (Å²) >= 11 is 3.29. The van der Waals surface area contributed by atoms with Crippen LogP contribution in [0.25, 0.3) is 0 Å². The largest absolute Gasteiger partial charge is 0.433 e. The van der Waals surface area contributed by atoms with Gasteiger partial charge in [-0.3, -0.25) is 9.48 Å². The number of hydrogen-bond acceptors (Lipinski definition) is 3. The lowest BCUT2D eigenvalue weighted by Crippen LogP contribution is -2.15. The van der Waals surface area contributed by atoms with Gasteiger partial charge in [-0.05, 0) is 47.5 Å². The van der Waals surface area contributed by atoms with Crippen molar-refractivity contribution in [3.63, 3.8) is 0 Å². The molecule has 0 unspecified atom stereocenters. The molecule has 1 aromatic heterocycles. The molecule has 0 fully saturated rings. The summed E-state index contributed by atoms with van der Waals surface area (Å²) in [7, 11) is 1.70. The first-order chi connectivity index (χ1) is 10.3. The van der Waals surface area contributed by atoms with Crippen molar-refractivity contribution < 1.29 is 18.3 Å². The Morgan fingerprint density at radius 1 is 1.41 bits per heavy atom. The second-order valence-electron chi connectivity index (χ2n) is 4.70. The number of hydrogen-bond donors (Lipinski definition) is 1. The van der Waals surface area contributed by atoms with Gasteiger partial charge in [0.25, 0.3) is 5.91 Å². The highest BCUT2D eigenvalue weighted by Gasteiger charge is 2.20. The molecule has 1 heterocycles. The van der Waals surface area contributed by atoms with Crippen molar-refractivity contribution >= 4 is 27.5 Å². The third-order valence-corrected chi connectivity index (χ3v) is 4.02. The Morgan fingerprint density at radius 3 is 2.64 bits per heavy atom. The van der Waals surface area contributed by atoms with Gasteiger partial charge in [0, 0.05) is 7.05 Å². The van der Waals surface area contributed by atoms with Crippen LogP contribution >= 0.6 is 15.9 Å². The summed E-state index contributed by atoms with van der Waals surface area (Å²) in [4.78, 5) is 12.3. The monoisotopic (exact) mass is 373 g/mol. The van der Waals surface area contributed by atoms with Crippen LogP contribution in [0.3, 0.4) is 0 Å². The minimum absolute atomic E-state index is 0.0993. The molecule has 1 aromatic carbocycles. The summed E-state index contributed by atoms with van der Waals surface area (Å²) in [5.74, 6) is -0.613. The summed E-state index contributed by atoms with van der Waals surface area (Å²) in [5, 5.41) is 6.64. The number of alkyl halides is 2. The zero-order valence-electron chi connectivity index (χ0n) is 12.2. The number of halogens is 3. The molecule has 8 heteroatoms. The predicted molar refractivity (Wildman–Crippen MR) is 81.4 cm³/mol. The molecule has 0 aliphatic rings. The lowest BCUT2D eigenvalue weighted by Gasteiger charge is -2.12. The Kier molecular flexibility index (Phi) is 4.80. The van der Waals surface area contributed by atoms with E-state index in [1.54, 1.807) is 37.7 Å².